The smallest absolute Gasteiger partial charge is 0.222 e. The molecule has 0 spiro atoms. The summed E-state index contributed by atoms with van der Waals surface area (Å²) in [7, 11) is 0. The van der Waals surface area contributed by atoms with Gasteiger partial charge in [-0.3, -0.25) is 9.48 Å². The van der Waals surface area contributed by atoms with Gasteiger partial charge in [0.15, 0.2) is 0 Å². The fourth-order valence-electron chi connectivity index (χ4n) is 2.99. The Kier molecular flexibility index (Phi) is 5.08. The Balaban J connectivity index is 1.51. The molecular formula is C18H22ClN5O. The average molecular weight is 360 g/mol. The third-order valence-electron chi connectivity index (χ3n) is 4.12. The highest BCUT2D eigenvalue weighted by Crippen LogP contribution is 2.17. The number of hydrogen-bond acceptors (Lipinski definition) is 3. The van der Waals surface area contributed by atoms with Crippen molar-refractivity contribution in [2.24, 2.45) is 0 Å². The summed E-state index contributed by atoms with van der Waals surface area (Å²) in [5, 5.41) is 8.06. The summed E-state index contributed by atoms with van der Waals surface area (Å²) in [6.07, 6.45) is 1.05. The predicted octanol–water partition coefficient (Wildman–Crippen LogP) is 3.34. The number of imidazole rings is 1. The molecule has 1 aromatic carbocycles. The van der Waals surface area contributed by atoms with E-state index >= 15 is 0 Å². The fourth-order valence-corrected chi connectivity index (χ4v) is 3.16. The first-order chi connectivity index (χ1) is 11.9. The van der Waals surface area contributed by atoms with E-state index in [1.165, 1.54) is 0 Å². The minimum absolute atomic E-state index is 0.0132. The SMILES string of the molecule is Cc1cc(C)n([C@@H](C)CC(=O)NCCc2nc3ccc(Cl)cc3[nH]2)n1. The molecule has 1 amide bonds. The van der Waals surface area contributed by atoms with Crippen molar-refractivity contribution in [3.63, 3.8) is 0 Å². The van der Waals surface area contributed by atoms with Gasteiger partial charge in [-0.25, -0.2) is 4.98 Å². The maximum atomic E-state index is 12.2. The Morgan fingerprint density at radius 1 is 1.36 bits per heavy atom. The molecule has 0 unspecified atom stereocenters. The molecule has 1 atom stereocenters. The number of halogens is 1. The normalized spacial score (nSPS) is 12.5. The van der Waals surface area contributed by atoms with Crippen molar-refractivity contribution >= 4 is 28.5 Å². The number of benzene rings is 1. The van der Waals surface area contributed by atoms with Crippen LogP contribution in [0.2, 0.25) is 5.02 Å². The highest BCUT2D eigenvalue weighted by Gasteiger charge is 2.14. The maximum Gasteiger partial charge on any atom is 0.222 e. The Hall–Kier alpha value is -2.34. The minimum Gasteiger partial charge on any atom is -0.356 e. The molecule has 0 radical (unpaired) electrons. The van der Waals surface area contributed by atoms with Crippen molar-refractivity contribution in [1.29, 1.82) is 0 Å². The van der Waals surface area contributed by atoms with Crippen molar-refractivity contribution < 1.29 is 4.79 Å². The first kappa shape index (κ1) is 17.5. The van der Waals surface area contributed by atoms with E-state index in [0.717, 1.165) is 28.2 Å². The van der Waals surface area contributed by atoms with Crippen LogP contribution in [0.1, 0.15) is 36.6 Å². The van der Waals surface area contributed by atoms with E-state index in [1.807, 2.05) is 49.7 Å². The molecule has 2 N–H and O–H groups in total. The first-order valence-corrected chi connectivity index (χ1v) is 8.74. The monoisotopic (exact) mass is 359 g/mol. The van der Waals surface area contributed by atoms with Crippen LogP contribution in [-0.4, -0.2) is 32.2 Å². The summed E-state index contributed by atoms with van der Waals surface area (Å²) in [5.41, 5.74) is 3.82. The lowest BCUT2D eigenvalue weighted by atomic mass is 10.2. The summed E-state index contributed by atoms with van der Waals surface area (Å²) >= 11 is 5.97. The summed E-state index contributed by atoms with van der Waals surface area (Å²) in [6, 6.07) is 7.59. The number of aryl methyl sites for hydroxylation is 2. The van der Waals surface area contributed by atoms with E-state index in [9.17, 15) is 4.79 Å². The van der Waals surface area contributed by atoms with Gasteiger partial charge >= 0.3 is 0 Å². The number of aromatic amines is 1. The van der Waals surface area contributed by atoms with Crippen LogP contribution in [-0.2, 0) is 11.2 Å². The number of aromatic nitrogens is 4. The lowest BCUT2D eigenvalue weighted by molar-refractivity contribution is -0.121. The molecule has 3 aromatic rings. The Labute approximate surface area is 151 Å². The van der Waals surface area contributed by atoms with Gasteiger partial charge in [0.05, 0.1) is 22.8 Å². The Morgan fingerprint density at radius 3 is 2.88 bits per heavy atom. The van der Waals surface area contributed by atoms with Gasteiger partial charge < -0.3 is 10.3 Å². The van der Waals surface area contributed by atoms with Gasteiger partial charge in [-0.2, -0.15) is 5.10 Å². The van der Waals surface area contributed by atoms with Crippen molar-refractivity contribution in [2.45, 2.75) is 39.7 Å². The summed E-state index contributed by atoms with van der Waals surface area (Å²) < 4.78 is 1.90. The van der Waals surface area contributed by atoms with Crippen LogP contribution in [0.3, 0.4) is 0 Å². The predicted molar refractivity (Wildman–Crippen MR) is 98.8 cm³/mol. The largest absolute Gasteiger partial charge is 0.356 e. The maximum absolute atomic E-state index is 12.2. The molecule has 0 aliphatic heterocycles. The van der Waals surface area contributed by atoms with Gasteiger partial charge in [0.25, 0.3) is 0 Å². The zero-order valence-corrected chi connectivity index (χ0v) is 15.4. The quantitative estimate of drug-likeness (QED) is 0.708. The Morgan fingerprint density at radius 2 is 2.16 bits per heavy atom. The average Bonchev–Trinajstić information content (AvgIpc) is 3.09. The van der Waals surface area contributed by atoms with E-state index in [2.05, 4.69) is 20.4 Å². The molecular weight excluding hydrogens is 338 g/mol. The molecule has 25 heavy (non-hydrogen) atoms. The topological polar surface area (TPSA) is 75.6 Å². The van der Waals surface area contributed by atoms with E-state index in [0.29, 0.717) is 24.4 Å². The summed E-state index contributed by atoms with van der Waals surface area (Å²) in [5.74, 6) is 0.850. The van der Waals surface area contributed by atoms with Crippen molar-refractivity contribution in [2.75, 3.05) is 6.54 Å². The van der Waals surface area contributed by atoms with Gasteiger partial charge in [0, 0.05) is 30.1 Å². The number of nitrogens with zero attached hydrogens (tertiary/aromatic N) is 3. The molecule has 2 aromatic heterocycles. The molecule has 0 saturated carbocycles. The number of nitrogens with one attached hydrogen (secondary N) is 2. The molecule has 0 fully saturated rings. The summed E-state index contributed by atoms with van der Waals surface area (Å²) in [6.45, 7) is 6.50. The highest BCUT2D eigenvalue weighted by atomic mass is 35.5. The van der Waals surface area contributed by atoms with Crippen LogP contribution in [0.5, 0.6) is 0 Å². The number of H-pyrrole nitrogens is 1. The number of hydrogen-bond donors (Lipinski definition) is 2. The van der Waals surface area contributed by atoms with Crippen molar-refractivity contribution in [1.82, 2.24) is 25.1 Å². The van der Waals surface area contributed by atoms with Crippen LogP contribution in [0.4, 0.5) is 0 Å². The van der Waals surface area contributed by atoms with E-state index < -0.39 is 0 Å². The van der Waals surface area contributed by atoms with E-state index in [-0.39, 0.29) is 11.9 Å². The molecule has 0 aliphatic carbocycles. The van der Waals surface area contributed by atoms with Crippen molar-refractivity contribution in [3.05, 3.63) is 46.5 Å². The van der Waals surface area contributed by atoms with Gasteiger partial charge in [-0.1, -0.05) is 11.6 Å². The number of rotatable bonds is 6. The second-order valence-corrected chi connectivity index (χ2v) is 6.81. The molecule has 7 heteroatoms. The number of carbonyl (C=O) groups excluding carboxylic acids is 1. The lowest BCUT2D eigenvalue weighted by Gasteiger charge is -2.14. The molecule has 0 aliphatic rings. The highest BCUT2D eigenvalue weighted by molar-refractivity contribution is 6.31. The van der Waals surface area contributed by atoms with E-state index in [1.54, 1.807) is 0 Å². The fraction of sp³-hybridized carbons (Fsp3) is 0.389. The van der Waals surface area contributed by atoms with Crippen LogP contribution in [0, 0.1) is 13.8 Å². The van der Waals surface area contributed by atoms with Crippen LogP contribution in [0.25, 0.3) is 11.0 Å². The number of amides is 1. The van der Waals surface area contributed by atoms with Gasteiger partial charge in [-0.15, -0.1) is 0 Å². The second kappa shape index (κ2) is 7.27. The second-order valence-electron chi connectivity index (χ2n) is 6.37. The van der Waals surface area contributed by atoms with Gasteiger partial charge in [0.2, 0.25) is 5.91 Å². The summed E-state index contributed by atoms with van der Waals surface area (Å²) in [4.78, 5) is 19.9. The third kappa shape index (κ3) is 4.20. The molecule has 0 bridgehead atoms. The molecule has 3 rings (SSSR count). The molecule has 132 valence electrons. The van der Waals surface area contributed by atoms with Crippen LogP contribution in [0.15, 0.2) is 24.3 Å². The van der Waals surface area contributed by atoms with Crippen LogP contribution >= 0.6 is 11.6 Å². The molecule has 2 heterocycles. The molecule has 0 saturated heterocycles. The van der Waals surface area contributed by atoms with Crippen LogP contribution < -0.4 is 5.32 Å². The van der Waals surface area contributed by atoms with Gasteiger partial charge in [0.1, 0.15) is 5.82 Å². The van der Waals surface area contributed by atoms with E-state index in [4.69, 9.17) is 11.6 Å². The zero-order valence-electron chi connectivity index (χ0n) is 14.6. The third-order valence-corrected chi connectivity index (χ3v) is 4.35. The molecule has 6 nitrogen and oxygen atoms in total. The standard InChI is InChI=1S/C18H22ClN5O/c1-11-8-12(2)24(23-11)13(3)9-18(25)20-7-6-17-21-15-5-4-14(19)10-16(15)22-17/h4-5,8,10,13H,6-7,9H2,1-3H3,(H,20,25)(H,21,22)/t13-/m0/s1. The number of carbonyl (C=O) groups is 1. The Bertz CT molecular complexity index is 898. The minimum atomic E-state index is 0.0132. The number of fused-ring (bicyclic) bond motifs is 1. The zero-order chi connectivity index (χ0) is 18.0. The van der Waals surface area contributed by atoms with Crippen molar-refractivity contribution in [3.8, 4) is 0 Å². The van der Waals surface area contributed by atoms with Gasteiger partial charge in [-0.05, 0) is 45.0 Å². The lowest BCUT2D eigenvalue weighted by Crippen LogP contribution is -2.28. The first-order valence-electron chi connectivity index (χ1n) is 8.36.